The van der Waals surface area contributed by atoms with Crippen LogP contribution in [-0.4, -0.2) is 26.7 Å². The van der Waals surface area contributed by atoms with E-state index in [1.165, 1.54) is 12.1 Å². The van der Waals surface area contributed by atoms with E-state index < -0.39 is 8.87 Å². The molecule has 0 heterocycles. The average Bonchev–Trinajstić information content (AvgIpc) is 2.30. The normalized spacial score (nSPS) is 11.1. The Labute approximate surface area is 105 Å². The first-order valence-corrected chi connectivity index (χ1v) is 8.15. The highest BCUT2D eigenvalue weighted by atomic mass is 33.1. The summed E-state index contributed by atoms with van der Waals surface area (Å²) in [5.41, 5.74) is 0. The van der Waals surface area contributed by atoms with Crippen LogP contribution in [0.25, 0.3) is 0 Å². The van der Waals surface area contributed by atoms with Gasteiger partial charge in [0.2, 0.25) is 8.87 Å². The predicted octanol–water partition coefficient (Wildman–Crippen LogP) is 2.06. The molecule has 0 spiro atoms. The summed E-state index contributed by atoms with van der Waals surface area (Å²) in [5.74, 6) is -0.168. The fourth-order valence-electron chi connectivity index (χ4n) is 1.12. The topological polar surface area (TPSA) is 60.4 Å². The number of hydrogen-bond acceptors (Lipinski definition) is 5. The van der Waals surface area contributed by atoms with E-state index in [1.54, 1.807) is 25.1 Å². The van der Waals surface area contributed by atoms with Crippen LogP contribution in [0.4, 0.5) is 0 Å². The first kappa shape index (κ1) is 14.1. The standard InChI is InChI=1S/C11H14O4S2/c1-2-15-11(12)8-9-16-17(13,14)10-6-4-3-5-7-10/h3-7H,2,8-9H2,1H3. The van der Waals surface area contributed by atoms with Crippen LogP contribution in [0, 0.1) is 0 Å². The van der Waals surface area contributed by atoms with Gasteiger partial charge < -0.3 is 4.74 Å². The van der Waals surface area contributed by atoms with Gasteiger partial charge in [-0.05, 0) is 29.9 Å². The molecule has 0 amide bonds. The second-order valence-corrected chi connectivity index (χ2v) is 7.19. The second kappa shape index (κ2) is 6.66. The van der Waals surface area contributed by atoms with E-state index in [-0.39, 0.29) is 23.0 Å². The van der Waals surface area contributed by atoms with Crippen LogP contribution >= 0.6 is 10.8 Å². The van der Waals surface area contributed by atoms with Crippen molar-refractivity contribution in [1.29, 1.82) is 0 Å². The van der Waals surface area contributed by atoms with Crippen molar-refractivity contribution >= 4 is 25.6 Å². The zero-order valence-corrected chi connectivity index (χ0v) is 11.1. The van der Waals surface area contributed by atoms with E-state index in [2.05, 4.69) is 0 Å². The van der Waals surface area contributed by atoms with E-state index >= 15 is 0 Å². The molecule has 1 aromatic carbocycles. The van der Waals surface area contributed by atoms with Crippen molar-refractivity contribution in [1.82, 2.24) is 0 Å². The fraction of sp³-hybridized carbons (Fsp3) is 0.364. The van der Waals surface area contributed by atoms with E-state index in [9.17, 15) is 13.2 Å². The number of hydrogen-bond donors (Lipinski definition) is 0. The van der Waals surface area contributed by atoms with Crippen LogP contribution in [0.1, 0.15) is 13.3 Å². The highest BCUT2D eigenvalue weighted by molar-refractivity contribution is 8.72. The summed E-state index contributed by atoms with van der Waals surface area (Å²) >= 11 is 0. The van der Waals surface area contributed by atoms with Gasteiger partial charge in [-0.1, -0.05) is 18.2 Å². The Morgan fingerprint density at radius 2 is 1.94 bits per heavy atom. The summed E-state index contributed by atoms with van der Waals surface area (Å²) < 4.78 is 28.3. The lowest BCUT2D eigenvalue weighted by Crippen LogP contribution is -2.06. The van der Waals surface area contributed by atoms with E-state index in [1.807, 2.05) is 0 Å². The van der Waals surface area contributed by atoms with Crippen molar-refractivity contribution in [3.8, 4) is 0 Å². The molecule has 0 aliphatic rings. The Morgan fingerprint density at radius 1 is 1.29 bits per heavy atom. The van der Waals surface area contributed by atoms with E-state index in [0.29, 0.717) is 6.61 Å². The van der Waals surface area contributed by atoms with Gasteiger partial charge in [-0.3, -0.25) is 4.79 Å². The summed E-state index contributed by atoms with van der Waals surface area (Å²) in [4.78, 5) is 11.3. The molecule has 0 fully saturated rings. The lowest BCUT2D eigenvalue weighted by atomic mass is 10.4. The van der Waals surface area contributed by atoms with Gasteiger partial charge >= 0.3 is 5.97 Å². The summed E-state index contributed by atoms with van der Waals surface area (Å²) in [6.07, 6.45) is 0.102. The zero-order chi connectivity index (χ0) is 12.7. The molecule has 0 N–H and O–H groups in total. The minimum Gasteiger partial charge on any atom is -0.466 e. The van der Waals surface area contributed by atoms with Crippen LogP contribution in [0.3, 0.4) is 0 Å². The van der Waals surface area contributed by atoms with E-state index in [4.69, 9.17) is 4.74 Å². The summed E-state index contributed by atoms with van der Waals surface area (Å²) in [7, 11) is -2.60. The summed E-state index contributed by atoms with van der Waals surface area (Å²) in [6.45, 7) is 2.03. The monoisotopic (exact) mass is 274 g/mol. The lowest BCUT2D eigenvalue weighted by molar-refractivity contribution is -0.142. The fourth-order valence-corrected chi connectivity index (χ4v) is 3.87. The molecule has 0 saturated heterocycles. The molecule has 0 radical (unpaired) electrons. The van der Waals surface area contributed by atoms with Crippen LogP contribution in [-0.2, 0) is 18.4 Å². The maximum atomic E-state index is 11.8. The third-order valence-corrected chi connectivity index (χ3v) is 5.42. The van der Waals surface area contributed by atoms with Crippen molar-refractivity contribution in [2.75, 3.05) is 12.4 Å². The largest absolute Gasteiger partial charge is 0.466 e. The van der Waals surface area contributed by atoms with Gasteiger partial charge in [0.15, 0.2) is 0 Å². The van der Waals surface area contributed by atoms with Gasteiger partial charge in [0.25, 0.3) is 0 Å². The van der Waals surface area contributed by atoms with Crippen LogP contribution in [0.5, 0.6) is 0 Å². The Balaban J connectivity index is 2.49. The molecule has 17 heavy (non-hydrogen) atoms. The lowest BCUT2D eigenvalue weighted by Gasteiger charge is -2.03. The molecule has 0 atom stereocenters. The van der Waals surface area contributed by atoms with Crippen molar-refractivity contribution in [3.05, 3.63) is 30.3 Å². The second-order valence-electron chi connectivity index (χ2n) is 3.14. The van der Waals surface area contributed by atoms with Gasteiger partial charge in [-0.2, -0.15) is 0 Å². The van der Waals surface area contributed by atoms with Gasteiger partial charge in [0.1, 0.15) is 0 Å². The average molecular weight is 274 g/mol. The SMILES string of the molecule is CCOC(=O)CCSS(=O)(=O)c1ccccc1. The first-order valence-electron chi connectivity index (χ1n) is 5.16. The molecule has 94 valence electrons. The number of esters is 1. The molecule has 0 aromatic heterocycles. The van der Waals surface area contributed by atoms with E-state index in [0.717, 1.165) is 10.8 Å². The molecular formula is C11H14O4S2. The minimum atomic E-state index is -3.36. The Hall–Kier alpha value is -1.01. The third kappa shape index (κ3) is 4.79. The molecular weight excluding hydrogens is 260 g/mol. The van der Waals surface area contributed by atoms with Gasteiger partial charge in [-0.25, -0.2) is 8.42 Å². The van der Waals surface area contributed by atoms with Gasteiger partial charge in [0.05, 0.1) is 17.9 Å². The highest BCUT2D eigenvalue weighted by Crippen LogP contribution is 2.23. The number of carbonyl (C=O) groups excluding carboxylic acids is 1. The number of benzene rings is 1. The molecule has 6 heteroatoms. The Morgan fingerprint density at radius 3 is 2.53 bits per heavy atom. The highest BCUT2D eigenvalue weighted by Gasteiger charge is 2.15. The number of rotatable bonds is 6. The smallest absolute Gasteiger partial charge is 0.306 e. The molecule has 0 bridgehead atoms. The number of ether oxygens (including phenoxy) is 1. The maximum absolute atomic E-state index is 11.8. The Bertz CT molecular complexity index is 454. The maximum Gasteiger partial charge on any atom is 0.306 e. The molecule has 1 aromatic rings. The van der Waals surface area contributed by atoms with Crippen molar-refractivity contribution in [2.24, 2.45) is 0 Å². The minimum absolute atomic E-state index is 0.102. The first-order chi connectivity index (χ1) is 8.06. The molecule has 0 saturated carbocycles. The Kier molecular flexibility index (Phi) is 5.50. The van der Waals surface area contributed by atoms with Crippen LogP contribution in [0.15, 0.2) is 35.2 Å². The van der Waals surface area contributed by atoms with Gasteiger partial charge in [-0.15, -0.1) is 0 Å². The quantitative estimate of drug-likeness (QED) is 0.587. The molecule has 0 aliphatic heterocycles. The van der Waals surface area contributed by atoms with Crippen molar-refractivity contribution in [3.63, 3.8) is 0 Å². The van der Waals surface area contributed by atoms with Crippen molar-refractivity contribution in [2.45, 2.75) is 18.2 Å². The summed E-state index contributed by atoms with van der Waals surface area (Å²) in [6, 6.07) is 8.15. The zero-order valence-electron chi connectivity index (χ0n) is 9.46. The van der Waals surface area contributed by atoms with Crippen LogP contribution in [0.2, 0.25) is 0 Å². The molecule has 0 aliphatic carbocycles. The van der Waals surface area contributed by atoms with Crippen molar-refractivity contribution < 1.29 is 17.9 Å². The van der Waals surface area contributed by atoms with Crippen LogP contribution < -0.4 is 0 Å². The molecule has 1 rings (SSSR count). The molecule has 0 unspecified atom stereocenters. The van der Waals surface area contributed by atoms with Gasteiger partial charge in [0, 0.05) is 5.75 Å². The predicted molar refractivity (Wildman–Crippen MR) is 67.3 cm³/mol. The molecule has 4 nitrogen and oxygen atoms in total. The third-order valence-electron chi connectivity index (χ3n) is 1.88. The number of carbonyl (C=O) groups is 1. The summed E-state index contributed by atoms with van der Waals surface area (Å²) in [5, 5.41) is 0.